The minimum atomic E-state index is -1.41. The van der Waals surface area contributed by atoms with Gasteiger partial charge in [0.2, 0.25) is 17.7 Å². The van der Waals surface area contributed by atoms with E-state index in [1.165, 1.54) is 0 Å². The highest BCUT2D eigenvalue weighted by atomic mass is 16.4. The van der Waals surface area contributed by atoms with Crippen molar-refractivity contribution < 1.29 is 34.2 Å². The van der Waals surface area contributed by atoms with Gasteiger partial charge in [-0.05, 0) is 38.0 Å². The fourth-order valence-corrected chi connectivity index (χ4v) is 3.97. The summed E-state index contributed by atoms with van der Waals surface area (Å²) in [4.78, 5) is 69.2. The van der Waals surface area contributed by atoms with Crippen LogP contribution in [0.5, 0.6) is 0 Å². The number of nitrogens with one attached hydrogen (secondary N) is 3. The van der Waals surface area contributed by atoms with Crippen LogP contribution in [0.25, 0.3) is 0 Å². The maximum atomic E-state index is 13.0. The highest BCUT2D eigenvalue weighted by molar-refractivity contribution is 5.95. The molecule has 0 unspecified atom stereocenters. The van der Waals surface area contributed by atoms with Crippen molar-refractivity contribution in [3.63, 3.8) is 0 Å². The number of amides is 3. The third kappa shape index (κ3) is 19.9. The van der Waals surface area contributed by atoms with Crippen molar-refractivity contribution in [1.82, 2.24) is 16.0 Å². The summed E-state index contributed by atoms with van der Waals surface area (Å²) in [5.74, 6) is -4.82. The number of nitrogens with two attached hydrogens (primary N) is 4. The monoisotopic (exact) mass is 599 g/mol. The Labute approximate surface area is 246 Å². The normalized spacial score (nSPS) is 12.8. The van der Waals surface area contributed by atoms with Gasteiger partial charge in [0.05, 0.1) is 6.42 Å². The quantitative estimate of drug-likeness (QED) is 0.0394. The average Bonchev–Trinajstić information content (AvgIpc) is 2.87. The van der Waals surface area contributed by atoms with Gasteiger partial charge in [0, 0.05) is 19.5 Å². The first-order valence-corrected chi connectivity index (χ1v) is 14.2. The molecule has 42 heavy (non-hydrogen) atoms. The first kappa shape index (κ1) is 37.9. The summed E-state index contributed by atoms with van der Waals surface area (Å²) in [6.45, 7) is 4.34. The van der Waals surface area contributed by atoms with Crippen LogP contribution in [0.3, 0.4) is 0 Å². The number of unbranched alkanes of at least 4 members (excludes halogenated alkanes) is 5. The Kier molecular flexibility index (Phi) is 19.5. The Morgan fingerprint density at radius 3 is 1.69 bits per heavy atom. The van der Waals surface area contributed by atoms with E-state index in [9.17, 15) is 34.2 Å². The lowest BCUT2D eigenvalue weighted by Gasteiger charge is -2.25. The smallest absolute Gasteiger partial charge is 0.326 e. The number of guanidine groups is 2. The van der Waals surface area contributed by atoms with Crippen LogP contribution >= 0.6 is 0 Å². The second-order valence-electron chi connectivity index (χ2n) is 10.4. The van der Waals surface area contributed by atoms with E-state index >= 15 is 0 Å². The molecule has 0 rings (SSSR count). The van der Waals surface area contributed by atoms with Crippen LogP contribution in [0.2, 0.25) is 0 Å². The standard InChI is InChI=1S/C26H49N9O7/c1-16(2)14-18(22(39)34-17(24(41)42)10-9-13-32-26(29)30)35-23(40)19(15-21(37)38)33-20(36)11-7-5-3-4-6-8-12-31-25(27)28/h16-19H,3-15H2,1-2H3,(H,33,36)(H,34,39)(H,35,40)(H,37,38)(H,41,42)(H4,27,28,31)(H4,29,30,32)/t17-,18-,19-/m0/s1. The van der Waals surface area contributed by atoms with Gasteiger partial charge in [-0.25, -0.2) is 4.79 Å². The minimum Gasteiger partial charge on any atom is -0.481 e. The van der Waals surface area contributed by atoms with Gasteiger partial charge in [-0.1, -0.05) is 39.5 Å². The second kappa shape index (κ2) is 21.6. The number of hydrogen-bond acceptors (Lipinski definition) is 7. The zero-order valence-electron chi connectivity index (χ0n) is 24.6. The first-order valence-electron chi connectivity index (χ1n) is 14.2. The molecule has 0 aromatic carbocycles. The van der Waals surface area contributed by atoms with Crippen molar-refractivity contribution in [2.45, 2.75) is 103 Å². The molecular weight excluding hydrogens is 550 g/mol. The summed E-state index contributed by atoms with van der Waals surface area (Å²) in [6, 6.07) is -3.83. The zero-order valence-corrected chi connectivity index (χ0v) is 24.6. The minimum absolute atomic E-state index is 0.0376. The van der Waals surface area contributed by atoms with Gasteiger partial charge >= 0.3 is 11.9 Å². The van der Waals surface area contributed by atoms with E-state index in [0.29, 0.717) is 13.0 Å². The van der Waals surface area contributed by atoms with Crippen molar-refractivity contribution in [3.05, 3.63) is 0 Å². The molecule has 0 saturated heterocycles. The van der Waals surface area contributed by atoms with Crippen LogP contribution in [0, 0.1) is 5.92 Å². The Bertz CT molecular complexity index is 933. The average molecular weight is 600 g/mol. The number of carboxylic acids is 2. The number of nitrogens with zero attached hydrogens (tertiary/aromatic N) is 2. The van der Waals surface area contributed by atoms with Crippen LogP contribution < -0.4 is 38.9 Å². The summed E-state index contributed by atoms with van der Waals surface area (Å²) in [7, 11) is 0. The predicted molar refractivity (Wildman–Crippen MR) is 158 cm³/mol. The molecule has 0 bridgehead atoms. The third-order valence-electron chi connectivity index (χ3n) is 6.04. The second-order valence-corrected chi connectivity index (χ2v) is 10.4. The van der Waals surface area contributed by atoms with Gasteiger partial charge in [0.15, 0.2) is 11.9 Å². The molecule has 13 N–H and O–H groups in total. The van der Waals surface area contributed by atoms with E-state index in [4.69, 9.17) is 22.9 Å². The lowest BCUT2D eigenvalue weighted by molar-refractivity contribution is -0.143. The number of hydrogen-bond donors (Lipinski definition) is 9. The van der Waals surface area contributed by atoms with E-state index in [0.717, 1.165) is 32.1 Å². The summed E-state index contributed by atoms with van der Waals surface area (Å²) < 4.78 is 0. The number of aliphatic carboxylic acids is 2. The van der Waals surface area contributed by atoms with Gasteiger partial charge in [0.1, 0.15) is 18.1 Å². The van der Waals surface area contributed by atoms with Gasteiger partial charge < -0.3 is 49.1 Å². The highest BCUT2D eigenvalue weighted by Crippen LogP contribution is 2.10. The molecule has 0 aliphatic carbocycles. The Balaban J connectivity index is 5.05. The van der Waals surface area contributed by atoms with Gasteiger partial charge in [-0.15, -0.1) is 0 Å². The SMILES string of the molecule is CC(C)C[C@H](NC(=O)[C@H](CC(=O)O)NC(=O)CCCCCCCCN=C(N)N)C(=O)N[C@@H](CCCN=C(N)N)C(=O)O. The Hall–Kier alpha value is -4.11. The fraction of sp³-hybridized carbons (Fsp3) is 0.731. The number of carbonyl (C=O) groups excluding carboxylic acids is 3. The van der Waals surface area contributed by atoms with E-state index in [1.807, 2.05) is 0 Å². The topological polar surface area (TPSA) is 291 Å². The molecule has 0 heterocycles. The predicted octanol–water partition coefficient (Wildman–Crippen LogP) is -0.896. The van der Waals surface area contributed by atoms with E-state index in [1.54, 1.807) is 13.8 Å². The lowest BCUT2D eigenvalue weighted by Crippen LogP contribution is -2.56. The molecule has 0 radical (unpaired) electrons. The van der Waals surface area contributed by atoms with Crippen LogP contribution in [0.15, 0.2) is 9.98 Å². The van der Waals surface area contributed by atoms with E-state index in [2.05, 4.69) is 25.9 Å². The molecule has 0 saturated carbocycles. The molecule has 3 amide bonds. The van der Waals surface area contributed by atoms with Crippen LogP contribution in [-0.2, 0) is 24.0 Å². The zero-order chi connectivity index (χ0) is 32.1. The molecule has 0 spiro atoms. The highest BCUT2D eigenvalue weighted by Gasteiger charge is 2.30. The Morgan fingerprint density at radius 1 is 0.667 bits per heavy atom. The van der Waals surface area contributed by atoms with E-state index in [-0.39, 0.29) is 50.1 Å². The van der Waals surface area contributed by atoms with Gasteiger partial charge in [-0.3, -0.25) is 29.2 Å². The van der Waals surface area contributed by atoms with Crippen LogP contribution in [0.4, 0.5) is 0 Å². The fourth-order valence-electron chi connectivity index (χ4n) is 3.97. The number of rotatable bonds is 23. The third-order valence-corrected chi connectivity index (χ3v) is 6.04. The van der Waals surface area contributed by atoms with Crippen molar-refractivity contribution >= 4 is 41.6 Å². The van der Waals surface area contributed by atoms with Crippen molar-refractivity contribution in [3.8, 4) is 0 Å². The first-order chi connectivity index (χ1) is 19.7. The molecular formula is C26H49N9O7. The molecule has 0 fully saturated rings. The van der Waals surface area contributed by atoms with Crippen LogP contribution in [-0.4, -0.2) is 83.0 Å². The number of aliphatic imine (C=N–C) groups is 2. The molecule has 16 nitrogen and oxygen atoms in total. The molecule has 0 aromatic heterocycles. The van der Waals surface area contributed by atoms with Crippen molar-refractivity contribution in [2.24, 2.45) is 38.8 Å². The molecule has 16 heteroatoms. The molecule has 0 aromatic rings. The molecule has 3 atom stereocenters. The van der Waals surface area contributed by atoms with E-state index < -0.39 is 54.2 Å². The van der Waals surface area contributed by atoms with Gasteiger partial charge in [0.25, 0.3) is 0 Å². The number of carbonyl (C=O) groups is 5. The summed E-state index contributed by atoms with van der Waals surface area (Å²) >= 11 is 0. The maximum absolute atomic E-state index is 13.0. The lowest BCUT2D eigenvalue weighted by atomic mass is 10.0. The number of carboxylic acid groups (broad SMARTS) is 2. The Morgan fingerprint density at radius 2 is 1.17 bits per heavy atom. The van der Waals surface area contributed by atoms with Gasteiger partial charge in [-0.2, -0.15) is 0 Å². The summed E-state index contributed by atoms with van der Waals surface area (Å²) in [5.41, 5.74) is 21.1. The molecule has 0 aliphatic heterocycles. The molecule has 240 valence electrons. The van der Waals surface area contributed by atoms with Crippen LogP contribution in [0.1, 0.15) is 84.5 Å². The summed E-state index contributed by atoms with van der Waals surface area (Å²) in [5, 5.41) is 26.2. The van der Waals surface area contributed by atoms with Crippen molar-refractivity contribution in [1.29, 1.82) is 0 Å². The largest absolute Gasteiger partial charge is 0.481 e. The van der Waals surface area contributed by atoms with Crippen molar-refractivity contribution in [2.75, 3.05) is 13.1 Å². The molecule has 0 aliphatic rings. The summed E-state index contributed by atoms with van der Waals surface area (Å²) in [6.07, 6.45) is 4.86. The maximum Gasteiger partial charge on any atom is 0.326 e.